The second-order valence-electron chi connectivity index (χ2n) is 4.07. The minimum Gasteiger partial charge on any atom is -0.352 e. The second kappa shape index (κ2) is 6.49. The summed E-state index contributed by atoms with van der Waals surface area (Å²) in [4.78, 5) is 11.5. The third-order valence-electron chi connectivity index (χ3n) is 2.26. The third-order valence-corrected chi connectivity index (χ3v) is 2.26. The summed E-state index contributed by atoms with van der Waals surface area (Å²) in [6, 6.07) is 9.10. The van der Waals surface area contributed by atoms with Gasteiger partial charge < -0.3 is 5.32 Å². The van der Waals surface area contributed by atoms with Gasteiger partial charge in [-0.15, -0.1) is 0 Å². The SMILES string of the molecule is CC(C)=CCNC(=O)Cc1ccc(C#N)cc1. The predicted octanol–water partition coefficient (Wildman–Crippen LogP) is 2.18. The summed E-state index contributed by atoms with van der Waals surface area (Å²) in [5.41, 5.74) is 2.71. The van der Waals surface area contributed by atoms with E-state index in [0.717, 1.165) is 5.56 Å². The zero-order chi connectivity index (χ0) is 12.7. The Balaban J connectivity index is 2.45. The number of benzene rings is 1. The molecule has 3 nitrogen and oxygen atoms in total. The molecular formula is C14H16N2O. The smallest absolute Gasteiger partial charge is 0.224 e. The second-order valence-corrected chi connectivity index (χ2v) is 4.07. The van der Waals surface area contributed by atoms with Gasteiger partial charge in [0.25, 0.3) is 0 Å². The maximum absolute atomic E-state index is 11.5. The van der Waals surface area contributed by atoms with Crippen LogP contribution in [0, 0.1) is 11.3 Å². The van der Waals surface area contributed by atoms with Crippen LogP contribution in [0.5, 0.6) is 0 Å². The molecule has 17 heavy (non-hydrogen) atoms. The minimum absolute atomic E-state index is 0.00722. The van der Waals surface area contributed by atoms with E-state index in [1.54, 1.807) is 24.3 Å². The number of hydrogen-bond donors (Lipinski definition) is 1. The first-order chi connectivity index (χ1) is 8.11. The maximum atomic E-state index is 11.5. The fraction of sp³-hybridized carbons (Fsp3) is 0.286. The summed E-state index contributed by atoms with van der Waals surface area (Å²) in [5, 5.41) is 11.5. The molecule has 0 bridgehead atoms. The van der Waals surface area contributed by atoms with Crippen molar-refractivity contribution in [1.29, 1.82) is 5.26 Å². The van der Waals surface area contributed by atoms with Crippen LogP contribution in [0.15, 0.2) is 35.9 Å². The lowest BCUT2D eigenvalue weighted by molar-refractivity contribution is -0.120. The van der Waals surface area contributed by atoms with Crippen molar-refractivity contribution in [3.63, 3.8) is 0 Å². The Morgan fingerprint density at radius 3 is 2.53 bits per heavy atom. The van der Waals surface area contributed by atoms with Crippen molar-refractivity contribution >= 4 is 5.91 Å². The number of carbonyl (C=O) groups is 1. The van der Waals surface area contributed by atoms with Crippen molar-refractivity contribution in [2.45, 2.75) is 20.3 Å². The Labute approximate surface area is 102 Å². The van der Waals surface area contributed by atoms with E-state index in [4.69, 9.17) is 5.26 Å². The standard InChI is InChI=1S/C14H16N2O/c1-11(2)7-8-16-14(17)9-12-3-5-13(10-15)6-4-12/h3-7H,8-9H2,1-2H3,(H,16,17). The minimum atomic E-state index is -0.00722. The Morgan fingerprint density at radius 1 is 1.35 bits per heavy atom. The van der Waals surface area contributed by atoms with Crippen molar-refractivity contribution in [3.8, 4) is 6.07 Å². The van der Waals surface area contributed by atoms with Gasteiger partial charge in [-0.2, -0.15) is 5.26 Å². The molecular weight excluding hydrogens is 212 g/mol. The highest BCUT2D eigenvalue weighted by atomic mass is 16.1. The van der Waals surface area contributed by atoms with Gasteiger partial charge >= 0.3 is 0 Å². The molecule has 0 unspecified atom stereocenters. The molecule has 0 radical (unpaired) electrons. The first kappa shape index (κ1) is 13.0. The van der Waals surface area contributed by atoms with Crippen LogP contribution in [-0.2, 0) is 11.2 Å². The number of carbonyl (C=O) groups excluding carboxylic acids is 1. The van der Waals surface area contributed by atoms with Gasteiger partial charge in [0, 0.05) is 6.54 Å². The molecule has 0 saturated carbocycles. The van der Waals surface area contributed by atoms with Gasteiger partial charge in [-0.25, -0.2) is 0 Å². The number of nitrogens with zero attached hydrogens (tertiary/aromatic N) is 1. The molecule has 0 atom stereocenters. The summed E-state index contributed by atoms with van der Waals surface area (Å²) in [6.45, 7) is 4.55. The molecule has 0 spiro atoms. The molecule has 0 aromatic heterocycles. The number of allylic oxidation sites excluding steroid dienone is 1. The molecule has 1 amide bonds. The van der Waals surface area contributed by atoms with Crippen LogP contribution in [0.2, 0.25) is 0 Å². The lowest BCUT2D eigenvalue weighted by atomic mass is 10.1. The molecule has 0 saturated heterocycles. The van der Waals surface area contributed by atoms with Gasteiger partial charge in [0.2, 0.25) is 5.91 Å². The molecule has 3 heteroatoms. The topological polar surface area (TPSA) is 52.9 Å². The van der Waals surface area contributed by atoms with Crippen molar-refractivity contribution in [1.82, 2.24) is 5.32 Å². The molecule has 1 rings (SSSR count). The van der Waals surface area contributed by atoms with Gasteiger partial charge in [0.05, 0.1) is 18.1 Å². The molecule has 0 aliphatic carbocycles. The van der Waals surface area contributed by atoms with Crippen LogP contribution >= 0.6 is 0 Å². The summed E-state index contributed by atoms with van der Waals surface area (Å²) in [6.07, 6.45) is 2.32. The third kappa shape index (κ3) is 4.98. The zero-order valence-electron chi connectivity index (χ0n) is 10.2. The number of hydrogen-bond acceptors (Lipinski definition) is 2. The molecule has 0 aliphatic rings. The monoisotopic (exact) mass is 228 g/mol. The van der Waals surface area contributed by atoms with Crippen LogP contribution in [-0.4, -0.2) is 12.5 Å². The maximum Gasteiger partial charge on any atom is 0.224 e. The number of rotatable bonds is 4. The molecule has 0 heterocycles. The van der Waals surface area contributed by atoms with E-state index in [0.29, 0.717) is 18.5 Å². The van der Waals surface area contributed by atoms with Crippen molar-refractivity contribution in [3.05, 3.63) is 47.0 Å². The number of nitriles is 1. The van der Waals surface area contributed by atoms with Crippen LogP contribution in [0.4, 0.5) is 0 Å². The highest BCUT2D eigenvalue weighted by Crippen LogP contribution is 2.03. The molecule has 0 fully saturated rings. The summed E-state index contributed by atoms with van der Waals surface area (Å²) in [7, 11) is 0. The van der Waals surface area contributed by atoms with E-state index in [1.807, 2.05) is 26.0 Å². The lowest BCUT2D eigenvalue weighted by Gasteiger charge is -2.03. The average Bonchev–Trinajstić information content (AvgIpc) is 2.29. The van der Waals surface area contributed by atoms with Gasteiger partial charge in [-0.1, -0.05) is 23.8 Å². The largest absolute Gasteiger partial charge is 0.352 e. The fourth-order valence-electron chi connectivity index (χ4n) is 1.31. The van der Waals surface area contributed by atoms with E-state index in [-0.39, 0.29) is 5.91 Å². The van der Waals surface area contributed by atoms with Crippen molar-refractivity contribution in [2.75, 3.05) is 6.54 Å². The Bertz CT molecular complexity index is 448. The number of nitrogens with one attached hydrogen (secondary N) is 1. The van der Waals surface area contributed by atoms with Crippen LogP contribution in [0.3, 0.4) is 0 Å². The van der Waals surface area contributed by atoms with Crippen LogP contribution in [0.1, 0.15) is 25.0 Å². The lowest BCUT2D eigenvalue weighted by Crippen LogP contribution is -2.25. The molecule has 0 aliphatic heterocycles. The molecule has 1 N–H and O–H groups in total. The quantitative estimate of drug-likeness (QED) is 0.803. The molecule has 1 aromatic carbocycles. The Morgan fingerprint density at radius 2 is 2.00 bits per heavy atom. The fourth-order valence-corrected chi connectivity index (χ4v) is 1.31. The van der Waals surface area contributed by atoms with E-state index < -0.39 is 0 Å². The van der Waals surface area contributed by atoms with Crippen LogP contribution < -0.4 is 5.32 Å². The van der Waals surface area contributed by atoms with Crippen LogP contribution in [0.25, 0.3) is 0 Å². The van der Waals surface area contributed by atoms with Gasteiger partial charge in [0.1, 0.15) is 0 Å². The number of amides is 1. The highest BCUT2D eigenvalue weighted by Gasteiger charge is 2.01. The van der Waals surface area contributed by atoms with Crippen molar-refractivity contribution in [2.24, 2.45) is 0 Å². The van der Waals surface area contributed by atoms with E-state index >= 15 is 0 Å². The van der Waals surface area contributed by atoms with Gasteiger partial charge in [0.15, 0.2) is 0 Å². The highest BCUT2D eigenvalue weighted by molar-refractivity contribution is 5.78. The predicted molar refractivity (Wildman–Crippen MR) is 67.3 cm³/mol. The average molecular weight is 228 g/mol. The summed E-state index contributed by atoms with van der Waals surface area (Å²) >= 11 is 0. The zero-order valence-corrected chi connectivity index (χ0v) is 10.2. The molecule has 1 aromatic rings. The van der Waals surface area contributed by atoms with Gasteiger partial charge in [-0.05, 0) is 31.5 Å². The van der Waals surface area contributed by atoms with Gasteiger partial charge in [-0.3, -0.25) is 4.79 Å². The first-order valence-electron chi connectivity index (χ1n) is 5.51. The van der Waals surface area contributed by atoms with E-state index in [2.05, 4.69) is 5.32 Å². The normalized spacial score (nSPS) is 9.24. The molecule has 88 valence electrons. The van der Waals surface area contributed by atoms with E-state index in [9.17, 15) is 4.79 Å². The van der Waals surface area contributed by atoms with E-state index in [1.165, 1.54) is 5.57 Å². The Hall–Kier alpha value is -2.08. The Kier molecular flexibility index (Phi) is 4.96. The summed E-state index contributed by atoms with van der Waals surface area (Å²) in [5.74, 6) is -0.00722. The first-order valence-corrected chi connectivity index (χ1v) is 5.51. The summed E-state index contributed by atoms with van der Waals surface area (Å²) < 4.78 is 0. The van der Waals surface area contributed by atoms with Crippen molar-refractivity contribution < 1.29 is 4.79 Å².